The highest BCUT2D eigenvalue weighted by molar-refractivity contribution is 6.40. The molecule has 0 heterocycles. The summed E-state index contributed by atoms with van der Waals surface area (Å²) in [5.74, 6) is -1.04. The van der Waals surface area contributed by atoms with Crippen molar-refractivity contribution in [3.63, 3.8) is 0 Å². The van der Waals surface area contributed by atoms with Crippen molar-refractivity contribution in [3.8, 4) is 0 Å². The molecule has 0 radical (unpaired) electrons. The highest BCUT2D eigenvalue weighted by Gasteiger charge is 2.38. The van der Waals surface area contributed by atoms with Gasteiger partial charge in [0.05, 0.1) is 11.1 Å². The Balaban J connectivity index is 1.65. The highest BCUT2D eigenvalue weighted by atomic mass is 16.2. The van der Waals surface area contributed by atoms with E-state index in [0.717, 1.165) is 11.1 Å². The van der Waals surface area contributed by atoms with Crippen molar-refractivity contribution in [2.75, 3.05) is 0 Å². The van der Waals surface area contributed by atoms with Gasteiger partial charge in [0.1, 0.15) is 0 Å². The largest absolute Gasteiger partial charge is 0.288 e. The van der Waals surface area contributed by atoms with Crippen LogP contribution in [-0.2, 0) is 9.59 Å². The number of hydrogen-bond donors (Lipinski definition) is 0. The predicted molar refractivity (Wildman–Crippen MR) is 105 cm³/mol. The van der Waals surface area contributed by atoms with E-state index >= 15 is 0 Å². The van der Waals surface area contributed by atoms with E-state index in [9.17, 15) is 19.2 Å². The van der Waals surface area contributed by atoms with E-state index in [1.807, 2.05) is 0 Å². The number of fused-ring (bicyclic) bond motifs is 1. The van der Waals surface area contributed by atoms with Gasteiger partial charge in [-0.05, 0) is 25.7 Å². The standard InChI is InChI=1S/C24H18O4/c1-3-15-16(4-2)22(26)19(21(15)25)13-9-11-14(12-10-13)20-23(27)17-7-5-6-8-18(17)24(20)28/h3-8H,1-2,9-12H2. The first-order valence-corrected chi connectivity index (χ1v) is 9.20. The summed E-state index contributed by atoms with van der Waals surface area (Å²) < 4.78 is 0. The number of carbonyl (C=O) groups excluding carboxylic acids is 4. The molecule has 0 saturated heterocycles. The molecule has 4 nitrogen and oxygen atoms in total. The number of ketones is 4. The summed E-state index contributed by atoms with van der Waals surface area (Å²) in [5, 5.41) is 0. The van der Waals surface area contributed by atoms with Crippen molar-refractivity contribution >= 4 is 23.1 Å². The van der Waals surface area contributed by atoms with Crippen molar-refractivity contribution in [2.24, 2.45) is 0 Å². The zero-order valence-electron chi connectivity index (χ0n) is 15.3. The second kappa shape index (κ2) is 6.64. The maximum Gasteiger partial charge on any atom is 0.197 e. The van der Waals surface area contributed by atoms with E-state index in [1.165, 1.54) is 12.2 Å². The van der Waals surface area contributed by atoms with Crippen molar-refractivity contribution in [2.45, 2.75) is 25.7 Å². The normalized spacial score (nSPS) is 19.7. The first-order chi connectivity index (χ1) is 13.5. The van der Waals surface area contributed by atoms with Gasteiger partial charge in [-0.1, -0.05) is 60.7 Å². The van der Waals surface area contributed by atoms with Gasteiger partial charge in [0.25, 0.3) is 0 Å². The van der Waals surface area contributed by atoms with E-state index < -0.39 is 0 Å². The van der Waals surface area contributed by atoms with Crippen molar-refractivity contribution in [1.82, 2.24) is 0 Å². The van der Waals surface area contributed by atoms with Crippen LogP contribution in [0.1, 0.15) is 46.4 Å². The van der Waals surface area contributed by atoms with Crippen LogP contribution in [0.25, 0.3) is 0 Å². The number of hydrogen-bond acceptors (Lipinski definition) is 4. The van der Waals surface area contributed by atoms with Gasteiger partial charge < -0.3 is 0 Å². The molecule has 0 spiro atoms. The molecule has 0 amide bonds. The van der Waals surface area contributed by atoms with Crippen LogP contribution >= 0.6 is 0 Å². The van der Waals surface area contributed by atoms with Gasteiger partial charge in [-0.3, -0.25) is 19.2 Å². The van der Waals surface area contributed by atoms with E-state index in [1.54, 1.807) is 24.3 Å². The summed E-state index contributed by atoms with van der Waals surface area (Å²) in [5.41, 5.74) is 3.57. The molecule has 4 rings (SSSR count). The first-order valence-electron chi connectivity index (χ1n) is 9.20. The Labute approximate surface area is 162 Å². The van der Waals surface area contributed by atoms with Crippen LogP contribution in [0.2, 0.25) is 0 Å². The molecule has 0 unspecified atom stereocenters. The van der Waals surface area contributed by atoms with Gasteiger partial charge in [-0.15, -0.1) is 0 Å². The molecule has 0 N–H and O–H groups in total. The summed E-state index contributed by atoms with van der Waals surface area (Å²) in [7, 11) is 0. The van der Waals surface area contributed by atoms with Crippen LogP contribution in [0.15, 0.2) is 83.0 Å². The molecule has 3 aliphatic carbocycles. The maximum atomic E-state index is 12.7. The zero-order chi connectivity index (χ0) is 20.0. The zero-order valence-corrected chi connectivity index (χ0v) is 15.3. The molecule has 0 bridgehead atoms. The second-order valence-corrected chi connectivity index (χ2v) is 7.05. The maximum absolute atomic E-state index is 12.7. The molecule has 138 valence electrons. The monoisotopic (exact) mass is 370 g/mol. The molecule has 28 heavy (non-hydrogen) atoms. The fourth-order valence-electron chi connectivity index (χ4n) is 4.27. The third kappa shape index (κ3) is 2.45. The van der Waals surface area contributed by atoms with Gasteiger partial charge in [0.15, 0.2) is 23.1 Å². The van der Waals surface area contributed by atoms with Crippen LogP contribution in [0.5, 0.6) is 0 Å². The van der Waals surface area contributed by atoms with Crippen LogP contribution in [0, 0.1) is 0 Å². The van der Waals surface area contributed by atoms with Gasteiger partial charge in [-0.25, -0.2) is 0 Å². The van der Waals surface area contributed by atoms with Crippen molar-refractivity contribution in [1.29, 1.82) is 0 Å². The highest BCUT2D eigenvalue weighted by Crippen LogP contribution is 2.39. The molecule has 0 aliphatic heterocycles. The molecular weight excluding hydrogens is 352 g/mol. The fraction of sp³-hybridized carbons (Fsp3) is 0.167. The minimum absolute atomic E-state index is 0.209. The smallest absolute Gasteiger partial charge is 0.197 e. The second-order valence-electron chi connectivity index (χ2n) is 7.05. The lowest BCUT2D eigenvalue weighted by atomic mass is 9.83. The Bertz CT molecular complexity index is 1020. The Kier molecular flexibility index (Phi) is 4.27. The molecule has 0 aromatic heterocycles. The summed E-state index contributed by atoms with van der Waals surface area (Å²) >= 11 is 0. The number of benzene rings is 1. The van der Waals surface area contributed by atoms with E-state index in [2.05, 4.69) is 13.2 Å². The molecule has 1 saturated carbocycles. The molecule has 1 fully saturated rings. The minimum atomic E-state index is -0.304. The molecule has 1 aromatic rings. The third-order valence-electron chi connectivity index (χ3n) is 5.68. The molecule has 3 aliphatic rings. The number of rotatable bonds is 2. The Morgan fingerprint density at radius 3 is 1.32 bits per heavy atom. The number of Topliss-reactive ketones (excluding diaryl/α,β-unsaturated/α-hetero) is 4. The van der Waals surface area contributed by atoms with Gasteiger partial charge >= 0.3 is 0 Å². The van der Waals surface area contributed by atoms with Crippen molar-refractivity contribution < 1.29 is 19.2 Å². The van der Waals surface area contributed by atoms with Gasteiger partial charge in [0, 0.05) is 22.3 Å². The summed E-state index contributed by atoms with van der Waals surface area (Å²) in [6.45, 7) is 7.24. The van der Waals surface area contributed by atoms with Crippen molar-refractivity contribution in [3.05, 3.63) is 94.1 Å². The first kappa shape index (κ1) is 18.0. The summed E-state index contributed by atoms with van der Waals surface area (Å²) in [6.07, 6.45) is 4.75. The average molecular weight is 370 g/mol. The minimum Gasteiger partial charge on any atom is -0.288 e. The lowest BCUT2D eigenvalue weighted by Gasteiger charge is -2.20. The Morgan fingerprint density at radius 2 is 0.964 bits per heavy atom. The predicted octanol–water partition coefficient (Wildman–Crippen LogP) is 4.05. The van der Waals surface area contributed by atoms with E-state index in [0.29, 0.717) is 48.0 Å². The summed E-state index contributed by atoms with van der Waals surface area (Å²) in [4.78, 5) is 50.6. The van der Waals surface area contributed by atoms with Crippen LogP contribution < -0.4 is 0 Å². The SMILES string of the molecule is C=CC1=C(C=C)C(=O)C(=C2CCC(=C3C(=O)c4ccccc4C3=O)CC2)C1=O. The molecule has 4 heteroatoms. The van der Waals surface area contributed by atoms with Crippen LogP contribution in [-0.4, -0.2) is 23.1 Å². The van der Waals surface area contributed by atoms with Crippen LogP contribution in [0.4, 0.5) is 0 Å². The molecule has 0 atom stereocenters. The number of allylic oxidation sites excluding steroid dienone is 8. The quantitative estimate of drug-likeness (QED) is 0.582. The van der Waals surface area contributed by atoms with E-state index in [4.69, 9.17) is 0 Å². The fourth-order valence-corrected chi connectivity index (χ4v) is 4.27. The topological polar surface area (TPSA) is 68.3 Å². The van der Waals surface area contributed by atoms with Crippen LogP contribution in [0.3, 0.4) is 0 Å². The lowest BCUT2D eigenvalue weighted by molar-refractivity contribution is -0.115. The molecular formula is C24H18O4. The molecule has 1 aromatic carbocycles. The Hall–Kier alpha value is -3.40. The number of carbonyl (C=O) groups is 4. The third-order valence-corrected chi connectivity index (χ3v) is 5.68. The van der Waals surface area contributed by atoms with E-state index in [-0.39, 0.29) is 34.3 Å². The lowest BCUT2D eigenvalue weighted by Crippen LogP contribution is -2.14. The van der Waals surface area contributed by atoms with Gasteiger partial charge in [0.2, 0.25) is 0 Å². The Morgan fingerprint density at radius 1 is 0.607 bits per heavy atom. The summed E-state index contributed by atoms with van der Waals surface area (Å²) in [6, 6.07) is 6.85. The van der Waals surface area contributed by atoms with Gasteiger partial charge in [-0.2, -0.15) is 0 Å². The average Bonchev–Trinajstić information content (AvgIpc) is 3.11.